The molecule has 0 saturated heterocycles. The molecule has 1 heterocycles. The first-order valence-corrected chi connectivity index (χ1v) is 4.94. The number of nitrogens with two attached hydrogens (primary N) is 1. The highest BCUT2D eigenvalue weighted by Crippen LogP contribution is 2.34. The number of nitrogen functional groups attached to an aromatic ring is 1. The summed E-state index contributed by atoms with van der Waals surface area (Å²) in [5, 5.41) is 5.84. The van der Waals surface area contributed by atoms with Gasteiger partial charge in [-0.15, -0.1) is 0 Å². The van der Waals surface area contributed by atoms with Crippen LogP contribution in [0.25, 0.3) is 11.1 Å². The number of hydrogen-bond donors (Lipinski definition) is 2. The first-order chi connectivity index (χ1) is 7.52. The number of aromatic nitrogens is 2. The van der Waals surface area contributed by atoms with Crippen molar-refractivity contribution < 1.29 is 13.2 Å². The van der Waals surface area contributed by atoms with Gasteiger partial charge in [0.15, 0.2) is 11.6 Å². The molecule has 0 unspecified atom stereocenters. The molecular weight excluding hydrogens is 287 g/mol. The molecule has 16 heavy (non-hydrogen) atoms. The molecule has 3 N–H and O–H groups in total. The highest BCUT2D eigenvalue weighted by atomic mass is 79.9. The van der Waals surface area contributed by atoms with Crippen molar-refractivity contribution in [3.8, 4) is 11.1 Å². The second kappa shape index (κ2) is 3.82. The third-order valence-electron chi connectivity index (χ3n) is 2.05. The standard InChI is InChI=1S/C9H5BrF3N3/c10-4-1-5(11)8(13)6(7(4)12)3-2-15-16-9(3)14/h1-2H,(H3,14,15,16). The number of halogens is 4. The van der Waals surface area contributed by atoms with Crippen LogP contribution in [0, 0.1) is 17.5 Å². The number of hydrogen-bond acceptors (Lipinski definition) is 2. The van der Waals surface area contributed by atoms with Crippen LogP contribution < -0.4 is 5.73 Å². The van der Waals surface area contributed by atoms with Gasteiger partial charge in [0.1, 0.15) is 11.6 Å². The maximum Gasteiger partial charge on any atom is 0.169 e. The molecular formula is C9H5BrF3N3. The largest absolute Gasteiger partial charge is 0.384 e. The summed E-state index contributed by atoms with van der Waals surface area (Å²) in [4.78, 5) is 0. The molecule has 84 valence electrons. The van der Waals surface area contributed by atoms with Gasteiger partial charge in [-0.25, -0.2) is 13.2 Å². The minimum absolute atomic E-state index is 0.0183. The Morgan fingerprint density at radius 2 is 1.94 bits per heavy atom. The zero-order chi connectivity index (χ0) is 11.9. The molecule has 0 amide bonds. The second-order valence-corrected chi connectivity index (χ2v) is 3.89. The fourth-order valence-corrected chi connectivity index (χ4v) is 1.70. The van der Waals surface area contributed by atoms with Crippen LogP contribution in [-0.4, -0.2) is 10.2 Å². The van der Waals surface area contributed by atoms with Crippen molar-refractivity contribution in [1.29, 1.82) is 0 Å². The van der Waals surface area contributed by atoms with E-state index in [1.165, 1.54) is 0 Å². The van der Waals surface area contributed by atoms with Crippen LogP contribution in [0.5, 0.6) is 0 Å². The van der Waals surface area contributed by atoms with E-state index in [1.54, 1.807) is 0 Å². The van der Waals surface area contributed by atoms with Gasteiger partial charge < -0.3 is 5.73 Å². The van der Waals surface area contributed by atoms with Crippen molar-refractivity contribution in [2.24, 2.45) is 0 Å². The molecule has 2 aromatic rings. The quantitative estimate of drug-likeness (QED) is 0.794. The zero-order valence-corrected chi connectivity index (χ0v) is 9.28. The van der Waals surface area contributed by atoms with E-state index in [4.69, 9.17) is 5.73 Å². The van der Waals surface area contributed by atoms with E-state index in [0.717, 1.165) is 6.20 Å². The highest BCUT2D eigenvalue weighted by Gasteiger charge is 2.21. The van der Waals surface area contributed by atoms with Crippen LogP contribution >= 0.6 is 15.9 Å². The maximum absolute atomic E-state index is 13.6. The van der Waals surface area contributed by atoms with Crippen molar-refractivity contribution in [1.82, 2.24) is 10.2 Å². The van der Waals surface area contributed by atoms with E-state index >= 15 is 0 Å². The van der Waals surface area contributed by atoms with E-state index in [2.05, 4.69) is 26.1 Å². The number of benzene rings is 1. The monoisotopic (exact) mass is 291 g/mol. The Kier molecular flexibility index (Phi) is 2.63. The van der Waals surface area contributed by atoms with Crippen molar-refractivity contribution in [2.45, 2.75) is 0 Å². The summed E-state index contributed by atoms with van der Waals surface area (Å²) in [6.45, 7) is 0. The van der Waals surface area contributed by atoms with Crippen molar-refractivity contribution in [2.75, 3.05) is 5.73 Å². The SMILES string of the molecule is Nc1[nH]ncc1-c1c(F)c(F)cc(Br)c1F. The predicted molar refractivity (Wildman–Crippen MR) is 56.0 cm³/mol. The Morgan fingerprint density at radius 3 is 2.50 bits per heavy atom. The zero-order valence-electron chi connectivity index (χ0n) is 7.69. The second-order valence-electron chi connectivity index (χ2n) is 3.04. The first kappa shape index (κ1) is 11.0. The molecule has 0 saturated carbocycles. The molecule has 0 aliphatic carbocycles. The van der Waals surface area contributed by atoms with Gasteiger partial charge in [0.25, 0.3) is 0 Å². The number of aromatic amines is 1. The number of rotatable bonds is 1. The Hall–Kier alpha value is -1.50. The van der Waals surface area contributed by atoms with Gasteiger partial charge >= 0.3 is 0 Å². The molecule has 0 radical (unpaired) electrons. The van der Waals surface area contributed by atoms with E-state index in [9.17, 15) is 13.2 Å². The summed E-state index contributed by atoms with van der Waals surface area (Å²) >= 11 is 2.79. The number of H-pyrrole nitrogens is 1. The Bertz CT molecular complexity index is 527. The van der Waals surface area contributed by atoms with E-state index in [-0.39, 0.29) is 15.9 Å². The van der Waals surface area contributed by atoms with Crippen molar-refractivity contribution in [3.63, 3.8) is 0 Å². The third-order valence-corrected chi connectivity index (χ3v) is 2.63. The van der Waals surface area contributed by atoms with Gasteiger partial charge in [-0.1, -0.05) is 0 Å². The van der Waals surface area contributed by atoms with Crippen molar-refractivity contribution >= 4 is 21.7 Å². The number of anilines is 1. The molecule has 0 spiro atoms. The van der Waals surface area contributed by atoms with E-state index in [0.29, 0.717) is 6.07 Å². The molecule has 0 aliphatic heterocycles. The summed E-state index contributed by atoms with van der Waals surface area (Å²) in [7, 11) is 0. The molecule has 7 heteroatoms. The minimum atomic E-state index is -1.30. The molecule has 2 rings (SSSR count). The van der Waals surface area contributed by atoms with Gasteiger partial charge in [-0.05, 0) is 22.0 Å². The lowest BCUT2D eigenvalue weighted by molar-refractivity contribution is 0.497. The Labute approximate surface area is 96.6 Å². The lowest BCUT2D eigenvalue weighted by atomic mass is 10.1. The van der Waals surface area contributed by atoms with Crippen LogP contribution in [0.3, 0.4) is 0 Å². The summed E-state index contributed by atoms with van der Waals surface area (Å²) in [5.74, 6) is -3.42. The minimum Gasteiger partial charge on any atom is -0.384 e. The van der Waals surface area contributed by atoms with Gasteiger partial charge in [0.05, 0.1) is 16.2 Å². The number of nitrogens with zero attached hydrogens (tertiary/aromatic N) is 1. The molecule has 0 atom stereocenters. The fourth-order valence-electron chi connectivity index (χ4n) is 1.30. The van der Waals surface area contributed by atoms with Crippen molar-refractivity contribution in [3.05, 3.63) is 34.2 Å². The van der Waals surface area contributed by atoms with Gasteiger partial charge in [0.2, 0.25) is 0 Å². The molecule has 1 aromatic carbocycles. The third kappa shape index (κ3) is 1.57. The maximum atomic E-state index is 13.6. The molecule has 0 bridgehead atoms. The smallest absolute Gasteiger partial charge is 0.169 e. The van der Waals surface area contributed by atoms with Crippen LogP contribution in [0.15, 0.2) is 16.7 Å². The predicted octanol–water partition coefficient (Wildman–Crippen LogP) is 2.84. The topological polar surface area (TPSA) is 54.7 Å². The first-order valence-electron chi connectivity index (χ1n) is 4.14. The molecule has 0 fully saturated rings. The van der Waals surface area contributed by atoms with Crippen LogP contribution in [0.1, 0.15) is 0 Å². The molecule has 3 nitrogen and oxygen atoms in total. The fraction of sp³-hybridized carbons (Fsp3) is 0. The average molecular weight is 292 g/mol. The Morgan fingerprint density at radius 1 is 1.25 bits per heavy atom. The lowest BCUT2D eigenvalue weighted by Crippen LogP contribution is -1.97. The summed E-state index contributed by atoms with van der Waals surface area (Å²) < 4.78 is 40.0. The van der Waals surface area contributed by atoms with Crippen LogP contribution in [-0.2, 0) is 0 Å². The highest BCUT2D eigenvalue weighted by molar-refractivity contribution is 9.10. The van der Waals surface area contributed by atoms with Gasteiger partial charge in [0, 0.05) is 5.56 Å². The van der Waals surface area contributed by atoms with E-state index < -0.39 is 23.0 Å². The van der Waals surface area contributed by atoms with Gasteiger partial charge in [-0.3, -0.25) is 5.10 Å². The van der Waals surface area contributed by atoms with Crippen LogP contribution in [0.2, 0.25) is 0 Å². The number of nitrogens with one attached hydrogen (secondary N) is 1. The lowest BCUT2D eigenvalue weighted by Gasteiger charge is -2.06. The van der Waals surface area contributed by atoms with Gasteiger partial charge in [-0.2, -0.15) is 5.10 Å². The summed E-state index contributed by atoms with van der Waals surface area (Å²) in [5.41, 5.74) is 4.86. The van der Waals surface area contributed by atoms with E-state index in [1.807, 2.05) is 0 Å². The Balaban J connectivity index is 2.79. The summed E-state index contributed by atoms with van der Waals surface area (Å²) in [6.07, 6.45) is 1.13. The average Bonchev–Trinajstić information content (AvgIpc) is 2.63. The van der Waals surface area contributed by atoms with Crippen LogP contribution in [0.4, 0.5) is 19.0 Å². The summed E-state index contributed by atoms with van der Waals surface area (Å²) in [6, 6.07) is 0.713. The molecule has 0 aliphatic rings. The normalized spacial score (nSPS) is 10.8. The molecule has 1 aromatic heterocycles.